The van der Waals surface area contributed by atoms with Crippen LogP contribution >= 0.6 is 0 Å². The minimum Gasteiger partial charge on any atom is -0.322 e. The van der Waals surface area contributed by atoms with Gasteiger partial charge >= 0.3 is 0 Å². The van der Waals surface area contributed by atoms with E-state index in [0.717, 1.165) is 6.29 Å². The molecule has 0 rings (SSSR count). The Morgan fingerprint density at radius 2 is 2.11 bits per heavy atom. The van der Waals surface area contributed by atoms with Crippen molar-refractivity contribution in [1.82, 2.24) is 0 Å². The van der Waals surface area contributed by atoms with Crippen molar-refractivity contribution >= 4 is 12.6 Å². The summed E-state index contributed by atoms with van der Waals surface area (Å²) in [5, 5.41) is 0. The average molecular weight is 129 g/mol. The van der Waals surface area contributed by atoms with E-state index < -0.39 is 0 Å². The van der Waals surface area contributed by atoms with Crippen LogP contribution in [0.2, 0.25) is 0 Å². The van der Waals surface area contributed by atoms with Crippen LogP contribution in [-0.4, -0.2) is 18.6 Å². The van der Waals surface area contributed by atoms with Crippen LogP contribution in [0.1, 0.15) is 19.3 Å². The van der Waals surface area contributed by atoms with Gasteiger partial charge in [-0.2, -0.15) is 0 Å². The normalized spacial score (nSPS) is 12.6. The van der Waals surface area contributed by atoms with E-state index in [1.165, 1.54) is 0 Å². The van der Waals surface area contributed by atoms with E-state index in [1.807, 2.05) is 0 Å². The average Bonchev–Trinajstić information content (AvgIpc) is 1.89. The Kier molecular flexibility index (Phi) is 5.01. The second-order valence-electron chi connectivity index (χ2n) is 1.90. The molecule has 0 fully saturated rings. The molecule has 3 heteroatoms. The lowest BCUT2D eigenvalue weighted by atomic mass is 10.1. The first-order valence-corrected chi connectivity index (χ1v) is 2.95. The molecule has 0 aromatic carbocycles. The van der Waals surface area contributed by atoms with Crippen molar-refractivity contribution in [3.8, 4) is 0 Å². The third kappa shape index (κ3) is 5.17. The summed E-state index contributed by atoms with van der Waals surface area (Å²) in [4.78, 5) is 19.6. The molecule has 0 saturated carbocycles. The predicted octanol–water partition coefficient (Wildman–Crippen LogP) is -0.118. The van der Waals surface area contributed by atoms with Crippen LogP contribution in [0.15, 0.2) is 0 Å². The molecule has 0 radical (unpaired) electrons. The van der Waals surface area contributed by atoms with E-state index in [4.69, 9.17) is 5.73 Å². The Labute approximate surface area is 54.2 Å². The van der Waals surface area contributed by atoms with Crippen LogP contribution in [0.4, 0.5) is 0 Å². The first-order valence-electron chi connectivity index (χ1n) is 2.95. The molecule has 0 aromatic heterocycles. The van der Waals surface area contributed by atoms with Gasteiger partial charge in [0.25, 0.3) is 0 Å². The van der Waals surface area contributed by atoms with Gasteiger partial charge in [-0.3, -0.25) is 0 Å². The van der Waals surface area contributed by atoms with E-state index in [2.05, 4.69) is 0 Å². The summed E-state index contributed by atoms with van der Waals surface area (Å²) in [5.41, 5.74) is 5.23. The molecule has 0 amide bonds. The van der Waals surface area contributed by atoms with Gasteiger partial charge in [0.1, 0.15) is 12.6 Å². The van der Waals surface area contributed by atoms with Gasteiger partial charge in [-0.15, -0.1) is 0 Å². The van der Waals surface area contributed by atoms with Crippen molar-refractivity contribution in [2.24, 2.45) is 5.73 Å². The Bertz CT molecular complexity index is 93.1. The fourth-order valence-corrected chi connectivity index (χ4v) is 0.505. The van der Waals surface area contributed by atoms with Gasteiger partial charge in [0, 0.05) is 6.42 Å². The zero-order chi connectivity index (χ0) is 7.11. The fraction of sp³-hybridized carbons (Fsp3) is 0.667. The van der Waals surface area contributed by atoms with Gasteiger partial charge in [-0.25, -0.2) is 0 Å². The summed E-state index contributed by atoms with van der Waals surface area (Å²) in [7, 11) is 0. The SMILES string of the molecule is N[C@H](C=O)CCCC=O. The van der Waals surface area contributed by atoms with Crippen LogP contribution in [-0.2, 0) is 9.59 Å². The van der Waals surface area contributed by atoms with E-state index >= 15 is 0 Å². The van der Waals surface area contributed by atoms with Crippen molar-refractivity contribution in [2.75, 3.05) is 0 Å². The van der Waals surface area contributed by atoms with Crippen molar-refractivity contribution in [1.29, 1.82) is 0 Å². The summed E-state index contributed by atoms with van der Waals surface area (Å²) >= 11 is 0. The van der Waals surface area contributed by atoms with Crippen LogP contribution in [0.25, 0.3) is 0 Å². The first kappa shape index (κ1) is 8.30. The third-order valence-corrected chi connectivity index (χ3v) is 1.03. The number of unbranched alkanes of at least 4 members (excludes halogenated alkanes) is 1. The van der Waals surface area contributed by atoms with E-state index in [-0.39, 0.29) is 6.04 Å². The summed E-state index contributed by atoms with van der Waals surface area (Å²) in [6, 6.07) is -0.384. The molecule has 9 heavy (non-hydrogen) atoms. The summed E-state index contributed by atoms with van der Waals surface area (Å²) in [6.07, 6.45) is 3.36. The van der Waals surface area contributed by atoms with E-state index in [9.17, 15) is 9.59 Å². The maximum Gasteiger partial charge on any atom is 0.136 e. The zero-order valence-electron chi connectivity index (χ0n) is 5.25. The summed E-state index contributed by atoms with van der Waals surface area (Å²) in [5.74, 6) is 0. The molecule has 0 bridgehead atoms. The molecular weight excluding hydrogens is 118 g/mol. The largest absolute Gasteiger partial charge is 0.322 e. The van der Waals surface area contributed by atoms with Gasteiger partial charge in [-0.1, -0.05) is 0 Å². The summed E-state index contributed by atoms with van der Waals surface area (Å²) in [6.45, 7) is 0. The van der Waals surface area contributed by atoms with Crippen molar-refractivity contribution < 1.29 is 9.59 Å². The smallest absolute Gasteiger partial charge is 0.136 e. The Morgan fingerprint density at radius 1 is 1.44 bits per heavy atom. The van der Waals surface area contributed by atoms with Crippen LogP contribution in [0, 0.1) is 0 Å². The van der Waals surface area contributed by atoms with E-state index in [0.29, 0.717) is 25.5 Å². The van der Waals surface area contributed by atoms with Gasteiger partial charge in [0.2, 0.25) is 0 Å². The molecule has 0 aromatic rings. The number of hydrogen-bond donors (Lipinski definition) is 1. The number of carbonyl (C=O) groups excluding carboxylic acids is 2. The number of rotatable bonds is 5. The van der Waals surface area contributed by atoms with Crippen LogP contribution < -0.4 is 5.73 Å². The second kappa shape index (κ2) is 5.44. The van der Waals surface area contributed by atoms with Gasteiger partial charge in [0.15, 0.2) is 0 Å². The molecule has 2 N–H and O–H groups in total. The highest BCUT2D eigenvalue weighted by Crippen LogP contribution is 1.93. The number of nitrogens with two attached hydrogens (primary N) is 1. The fourth-order valence-electron chi connectivity index (χ4n) is 0.505. The monoisotopic (exact) mass is 129 g/mol. The third-order valence-electron chi connectivity index (χ3n) is 1.03. The van der Waals surface area contributed by atoms with Crippen LogP contribution in [0.5, 0.6) is 0 Å². The maximum absolute atomic E-state index is 9.89. The predicted molar refractivity (Wildman–Crippen MR) is 34.0 cm³/mol. The molecule has 0 aliphatic rings. The highest BCUT2D eigenvalue weighted by Gasteiger charge is 1.96. The standard InChI is InChI=1S/C6H11NO2/c7-6(5-9)3-1-2-4-8/h4-6H,1-3,7H2/t6-/m0/s1. The minimum absolute atomic E-state index is 0.384. The maximum atomic E-state index is 9.89. The van der Waals surface area contributed by atoms with E-state index in [1.54, 1.807) is 0 Å². The van der Waals surface area contributed by atoms with Crippen LogP contribution in [0.3, 0.4) is 0 Å². The van der Waals surface area contributed by atoms with Crippen molar-refractivity contribution in [2.45, 2.75) is 25.3 Å². The minimum atomic E-state index is -0.384. The Morgan fingerprint density at radius 3 is 2.56 bits per heavy atom. The quantitative estimate of drug-likeness (QED) is 0.416. The van der Waals surface area contributed by atoms with Gasteiger partial charge in [0.05, 0.1) is 6.04 Å². The highest BCUT2D eigenvalue weighted by molar-refractivity contribution is 5.57. The highest BCUT2D eigenvalue weighted by atomic mass is 16.1. The summed E-state index contributed by atoms with van der Waals surface area (Å²) < 4.78 is 0. The van der Waals surface area contributed by atoms with Gasteiger partial charge in [-0.05, 0) is 12.8 Å². The van der Waals surface area contributed by atoms with Gasteiger partial charge < -0.3 is 15.3 Å². The molecule has 0 saturated heterocycles. The zero-order valence-corrected chi connectivity index (χ0v) is 5.25. The van der Waals surface area contributed by atoms with Crippen molar-refractivity contribution in [3.63, 3.8) is 0 Å². The molecule has 0 heterocycles. The lowest BCUT2D eigenvalue weighted by Crippen LogP contribution is -2.20. The topological polar surface area (TPSA) is 60.2 Å². The molecular formula is C6H11NO2. The Hall–Kier alpha value is -0.700. The molecule has 0 aliphatic heterocycles. The number of aldehydes is 2. The lowest BCUT2D eigenvalue weighted by molar-refractivity contribution is -0.110. The lowest BCUT2D eigenvalue weighted by Gasteiger charge is -1.98. The molecule has 0 spiro atoms. The number of carbonyl (C=O) groups is 2. The second-order valence-corrected chi connectivity index (χ2v) is 1.90. The number of hydrogen-bond acceptors (Lipinski definition) is 3. The molecule has 52 valence electrons. The van der Waals surface area contributed by atoms with Crippen molar-refractivity contribution in [3.05, 3.63) is 0 Å². The first-order chi connectivity index (χ1) is 4.31. The Balaban J connectivity index is 3.05. The molecule has 0 aliphatic carbocycles. The molecule has 3 nitrogen and oxygen atoms in total. The molecule has 0 unspecified atom stereocenters. The molecule has 1 atom stereocenters.